The molecule has 1 aliphatic heterocycles. The van der Waals surface area contributed by atoms with E-state index in [2.05, 4.69) is 11.8 Å². The van der Waals surface area contributed by atoms with Crippen molar-refractivity contribution in [1.82, 2.24) is 4.90 Å². The molecule has 2 rings (SSSR count). The smallest absolute Gasteiger partial charge is 0.304 e. The van der Waals surface area contributed by atoms with Gasteiger partial charge in [0, 0.05) is 12.1 Å². The van der Waals surface area contributed by atoms with Crippen molar-refractivity contribution in [2.45, 2.75) is 70.4 Å². The topological polar surface area (TPSA) is 40.5 Å². The minimum Gasteiger partial charge on any atom is -0.481 e. The van der Waals surface area contributed by atoms with Crippen LogP contribution in [-0.4, -0.2) is 34.6 Å². The number of aliphatic carboxylic acids is 1. The Balaban J connectivity index is 2.01. The van der Waals surface area contributed by atoms with Crippen molar-refractivity contribution in [3.8, 4) is 0 Å². The Kier molecular flexibility index (Phi) is 4.43. The molecule has 3 heteroatoms. The number of likely N-dealkylation sites (tertiary alicyclic amines) is 1. The Morgan fingerprint density at radius 3 is 2.59 bits per heavy atom. The van der Waals surface area contributed by atoms with Gasteiger partial charge in [-0.15, -0.1) is 0 Å². The summed E-state index contributed by atoms with van der Waals surface area (Å²) in [6.45, 7) is 3.46. The van der Waals surface area contributed by atoms with Crippen LogP contribution in [0.5, 0.6) is 0 Å². The molecule has 1 saturated carbocycles. The van der Waals surface area contributed by atoms with E-state index in [4.69, 9.17) is 5.11 Å². The predicted molar refractivity (Wildman–Crippen MR) is 68.0 cm³/mol. The number of carboxylic acids is 1. The van der Waals surface area contributed by atoms with E-state index in [1.54, 1.807) is 0 Å². The zero-order chi connectivity index (χ0) is 12.3. The molecule has 0 aromatic heterocycles. The zero-order valence-electron chi connectivity index (χ0n) is 10.9. The van der Waals surface area contributed by atoms with Crippen molar-refractivity contribution < 1.29 is 9.90 Å². The van der Waals surface area contributed by atoms with Gasteiger partial charge in [-0.25, -0.2) is 0 Å². The molecule has 3 unspecified atom stereocenters. The summed E-state index contributed by atoms with van der Waals surface area (Å²) in [5, 5.41) is 9.02. The largest absolute Gasteiger partial charge is 0.481 e. The van der Waals surface area contributed by atoms with Crippen LogP contribution in [0.1, 0.15) is 58.3 Å². The van der Waals surface area contributed by atoms with E-state index in [9.17, 15) is 4.79 Å². The van der Waals surface area contributed by atoms with E-state index in [1.165, 1.54) is 38.5 Å². The lowest BCUT2D eigenvalue weighted by Crippen LogP contribution is -2.50. The van der Waals surface area contributed by atoms with Crippen molar-refractivity contribution in [1.29, 1.82) is 0 Å². The summed E-state index contributed by atoms with van der Waals surface area (Å²) in [6, 6.07) is 0.945. The fourth-order valence-corrected chi connectivity index (χ4v) is 3.67. The molecule has 0 amide bonds. The number of hydrogen-bond acceptors (Lipinski definition) is 2. The summed E-state index contributed by atoms with van der Waals surface area (Å²) in [7, 11) is 0. The van der Waals surface area contributed by atoms with E-state index in [-0.39, 0.29) is 0 Å². The number of nitrogens with zero attached hydrogens (tertiary/aromatic N) is 1. The second kappa shape index (κ2) is 5.85. The highest BCUT2D eigenvalue weighted by Gasteiger charge is 2.34. The maximum absolute atomic E-state index is 11.0. The van der Waals surface area contributed by atoms with Crippen molar-refractivity contribution in [3.63, 3.8) is 0 Å². The minimum atomic E-state index is -0.634. The van der Waals surface area contributed by atoms with Crippen LogP contribution < -0.4 is 0 Å². The van der Waals surface area contributed by atoms with Gasteiger partial charge in [0.25, 0.3) is 0 Å². The molecule has 1 N–H and O–H groups in total. The monoisotopic (exact) mass is 239 g/mol. The van der Waals surface area contributed by atoms with Gasteiger partial charge in [0.15, 0.2) is 0 Å². The van der Waals surface area contributed by atoms with Gasteiger partial charge in [0.05, 0.1) is 6.42 Å². The molecule has 17 heavy (non-hydrogen) atoms. The number of hydrogen-bond donors (Lipinski definition) is 1. The Bertz CT molecular complexity index is 267. The lowest BCUT2D eigenvalue weighted by Gasteiger charge is -2.45. The van der Waals surface area contributed by atoms with Crippen molar-refractivity contribution >= 4 is 5.97 Å². The second-order valence-electron chi connectivity index (χ2n) is 5.81. The molecule has 0 aromatic rings. The summed E-state index contributed by atoms with van der Waals surface area (Å²) >= 11 is 0. The minimum absolute atomic E-state index is 0.298. The van der Waals surface area contributed by atoms with Gasteiger partial charge in [0.1, 0.15) is 0 Å². The number of carbonyl (C=O) groups is 1. The fourth-order valence-electron chi connectivity index (χ4n) is 3.67. The summed E-state index contributed by atoms with van der Waals surface area (Å²) in [4.78, 5) is 13.5. The molecule has 1 saturated heterocycles. The van der Waals surface area contributed by atoms with Gasteiger partial charge in [-0.3, -0.25) is 9.69 Å². The van der Waals surface area contributed by atoms with Gasteiger partial charge in [-0.1, -0.05) is 26.2 Å². The highest BCUT2D eigenvalue weighted by atomic mass is 16.4. The quantitative estimate of drug-likeness (QED) is 0.823. The van der Waals surface area contributed by atoms with Gasteiger partial charge in [0.2, 0.25) is 0 Å². The summed E-state index contributed by atoms with van der Waals surface area (Å²) in [5.41, 5.74) is 0. The molecule has 0 bridgehead atoms. The van der Waals surface area contributed by atoms with E-state index >= 15 is 0 Å². The summed E-state index contributed by atoms with van der Waals surface area (Å²) in [6.07, 6.45) is 9.15. The summed E-state index contributed by atoms with van der Waals surface area (Å²) in [5.74, 6) is 0.114. The van der Waals surface area contributed by atoms with Gasteiger partial charge in [-0.2, -0.15) is 0 Å². The zero-order valence-corrected chi connectivity index (χ0v) is 10.9. The molecule has 1 heterocycles. The van der Waals surface area contributed by atoms with E-state index in [0.717, 1.165) is 18.9 Å². The summed E-state index contributed by atoms with van der Waals surface area (Å²) < 4.78 is 0. The molecule has 0 radical (unpaired) electrons. The van der Waals surface area contributed by atoms with E-state index in [1.807, 2.05) is 0 Å². The number of piperidine rings is 1. The van der Waals surface area contributed by atoms with Crippen LogP contribution in [0.25, 0.3) is 0 Å². The molecular weight excluding hydrogens is 214 g/mol. The van der Waals surface area contributed by atoms with Crippen LogP contribution in [-0.2, 0) is 4.79 Å². The Morgan fingerprint density at radius 1 is 1.18 bits per heavy atom. The molecular formula is C14H25NO2. The molecule has 0 spiro atoms. The molecule has 98 valence electrons. The Labute approximate surface area is 104 Å². The second-order valence-corrected chi connectivity index (χ2v) is 5.81. The standard InChI is InChI=1S/C14H25NO2/c1-11-6-2-3-8-13(11)15-9-5-4-7-12(15)10-14(16)17/h11-13H,2-10H2,1H3,(H,16,17). The van der Waals surface area contributed by atoms with Crippen LogP contribution in [0.15, 0.2) is 0 Å². The third-order valence-corrected chi connectivity index (χ3v) is 4.58. The van der Waals surface area contributed by atoms with Crippen LogP contribution in [0.3, 0.4) is 0 Å². The average molecular weight is 239 g/mol. The molecule has 3 nitrogen and oxygen atoms in total. The number of rotatable bonds is 3. The maximum atomic E-state index is 11.0. The van der Waals surface area contributed by atoms with Gasteiger partial charge >= 0.3 is 5.97 Å². The third-order valence-electron chi connectivity index (χ3n) is 4.58. The molecule has 0 aromatic carbocycles. The van der Waals surface area contributed by atoms with Crippen LogP contribution >= 0.6 is 0 Å². The van der Waals surface area contributed by atoms with Crippen molar-refractivity contribution in [2.24, 2.45) is 5.92 Å². The van der Waals surface area contributed by atoms with Gasteiger partial charge < -0.3 is 5.11 Å². The molecule has 3 atom stereocenters. The first kappa shape index (κ1) is 12.9. The fraction of sp³-hybridized carbons (Fsp3) is 0.929. The number of carboxylic acid groups (broad SMARTS) is 1. The highest BCUT2D eigenvalue weighted by molar-refractivity contribution is 5.67. The maximum Gasteiger partial charge on any atom is 0.304 e. The predicted octanol–water partition coefficient (Wildman–Crippen LogP) is 2.89. The lowest BCUT2D eigenvalue weighted by molar-refractivity contribution is -0.139. The first-order valence-electron chi connectivity index (χ1n) is 7.16. The van der Waals surface area contributed by atoms with Crippen molar-refractivity contribution in [3.05, 3.63) is 0 Å². The van der Waals surface area contributed by atoms with Crippen molar-refractivity contribution in [2.75, 3.05) is 6.54 Å². The molecule has 2 aliphatic rings. The van der Waals surface area contributed by atoms with Crippen LogP contribution in [0.2, 0.25) is 0 Å². The molecule has 1 aliphatic carbocycles. The highest BCUT2D eigenvalue weighted by Crippen LogP contribution is 2.33. The normalized spacial score (nSPS) is 35.7. The SMILES string of the molecule is CC1CCCCC1N1CCCCC1CC(=O)O. The van der Waals surface area contributed by atoms with Crippen LogP contribution in [0, 0.1) is 5.92 Å². The Hall–Kier alpha value is -0.570. The van der Waals surface area contributed by atoms with E-state index in [0.29, 0.717) is 18.5 Å². The molecule has 2 fully saturated rings. The first-order valence-corrected chi connectivity index (χ1v) is 7.16. The van der Waals surface area contributed by atoms with E-state index < -0.39 is 5.97 Å². The first-order chi connectivity index (χ1) is 8.18. The Morgan fingerprint density at radius 2 is 1.88 bits per heavy atom. The third kappa shape index (κ3) is 3.21. The average Bonchev–Trinajstić information content (AvgIpc) is 2.30. The lowest BCUT2D eigenvalue weighted by atomic mass is 9.82. The van der Waals surface area contributed by atoms with Gasteiger partial charge in [-0.05, 0) is 38.1 Å². The van der Waals surface area contributed by atoms with Crippen LogP contribution in [0.4, 0.5) is 0 Å².